The van der Waals surface area contributed by atoms with Crippen LogP contribution in [0.25, 0.3) is 0 Å². The first kappa shape index (κ1) is 34.7. The fourth-order valence-corrected chi connectivity index (χ4v) is 5.40. The van der Waals surface area contributed by atoms with Gasteiger partial charge in [0.1, 0.15) is 31.1 Å². The van der Waals surface area contributed by atoms with Gasteiger partial charge in [0.25, 0.3) is 0 Å². The zero-order chi connectivity index (χ0) is 32.9. The third-order valence-electron chi connectivity index (χ3n) is 6.84. The average molecular weight is 635 g/mol. The van der Waals surface area contributed by atoms with Gasteiger partial charge in [-0.1, -0.05) is 32.9 Å². The Morgan fingerprint density at radius 1 is 0.977 bits per heavy atom. The Hall–Kier alpha value is -3.78. The molecular formula is C30H42N4O9S. The molecule has 13 nitrogen and oxygen atoms in total. The highest BCUT2D eigenvalue weighted by Crippen LogP contribution is 2.33. The number of nitrogens with one attached hydrogen (secondary N) is 1. The largest absolute Gasteiger partial charge is 0.486 e. The lowest BCUT2D eigenvalue weighted by molar-refractivity contribution is -0.239. The molecule has 1 aliphatic rings. The molecule has 5 atom stereocenters. The number of carbonyl (C=O) groups excluding carboxylic acids is 4. The quantitative estimate of drug-likeness (QED) is 0.232. The third-order valence-corrected chi connectivity index (χ3v) is 7.22. The van der Waals surface area contributed by atoms with Crippen LogP contribution in [0.3, 0.4) is 0 Å². The van der Waals surface area contributed by atoms with Crippen LogP contribution >= 0.6 is 12.2 Å². The zero-order valence-electron chi connectivity index (χ0n) is 26.6. The zero-order valence-corrected chi connectivity index (χ0v) is 27.4. The van der Waals surface area contributed by atoms with Crippen molar-refractivity contribution >= 4 is 36.0 Å². The van der Waals surface area contributed by atoms with Gasteiger partial charge < -0.3 is 29.0 Å². The van der Waals surface area contributed by atoms with E-state index in [0.717, 1.165) is 5.56 Å². The van der Waals surface area contributed by atoms with Gasteiger partial charge in [-0.25, -0.2) is 4.68 Å². The molecule has 44 heavy (non-hydrogen) atoms. The van der Waals surface area contributed by atoms with Gasteiger partial charge in [-0.15, -0.1) is 0 Å². The van der Waals surface area contributed by atoms with Crippen molar-refractivity contribution < 1.29 is 42.9 Å². The number of aromatic nitrogens is 3. The molecule has 1 saturated heterocycles. The summed E-state index contributed by atoms with van der Waals surface area (Å²) in [5.74, 6) is -1.36. The Bertz CT molecular complexity index is 1410. The molecule has 1 aromatic heterocycles. The van der Waals surface area contributed by atoms with Gasteiger partial charge in [-0.3, -0.25) is 23.7 Å². The summed E-state index contributed by atoms with van der Waals surface area (Å²) in [6.45, 7) is 14.8. The first-order chi connectivity index (χ1) is 20.5. The maximum atomic E-state index is 12.4. The smallest absolute Gasteiger partial charge is 0.303 e. The number of amides is 1. The Morgan fingerprint density at radius 2 is 1.57 bits per heavy atom. The van der Waals surface area contributed by atoms with Gasteiger partial charge in [-0.05, 0) is 49.2 Å². The van der Waals surface area contributed by atoms with E-state index in [-0.39, 0.29) is 29.4 Å². The summed E-state index contributed by atoms with van der Waals surface area (Å²) in [5.41, 5.74) is 1.15. The lowest BCUT2D eigenvalue weighted by Gasteiger charge is -2.45. The molecule has 0 spiro atoms. The van der Waals surface area contributed by atoms with Crippen LogP contribution in [0.5, 0.6) is 5.75 Å². The molecule has 0 bridgehead atoms. The number of benzene rings is 1. The van der Waals surface area contributed by atoms with E-state index in [1.165, 1.54) is 32.4 Å². The standard InChI is InChI=1S/C30H42N4O9S/c1-16(2)33-24(15-40-22-12-10-21(11-13-22)30(7,8)9)32-34(29(33)44)28-25(31-17(3)35)27(42-20(6)38)26(41-19(5)37)23(43-28)14-39-18(4)36/h10-13,16,23,25-28H,14-15H2,1-9H3,(H,31,35)/t23-,25-,26-,27-,28-/m1/s1. The van der Waals surface area contributed by atoms with Crippen LogP contribution in [0.4, 0.5) is 0 Å². The van der Waals surface area contributed by atoms with Crippen molar-refractivity contribution in [2.75, 3.05) is 6.61 Å². The average Bonchev–Trinajstić information content (AvgIpc) is 3.23. The molecule has 0 radical (unpaired) electrons. The van der Waals surface area contributed by atoms with Crippen LogP contribution in [0.2, 0.25) is 0 Å². The predicted molar refractivity (Wildman–Crippen MR) is 160 cm³/mol. The highest BCUT2D eigenvalue weighted by molar-refractivity contribution is 7.71. The van der Waals surface area contributed by atoms with Crippen molar-refractivity contribution in [1.29, 1.82) is 0 Å². The third kappa shape index (κ3) is 8.65. The minimum atomic E-state index is -1.24. The van der Waals surface area contributed by atoms with Crippen LogP contribution in [0.15, 0.2) is 24.3 Å². The first-order valence-electron chi connectivity index (χ1n) is 14.3. The summed E-state index contributed by atoms with van der Waals surface area (Å²) < 4.78 is 32.1. The van der Waals surface area contributed by atoms with E-state index < -0.39 is 54.4 Å². The second-order valence-corrected chi connectivity index (χ2v) is 12.3. The molecule has 1 amide bonds. The fourth-order valence-electron chi connectivity index (χ4n) is 4.94. The Morgan fingerprint density at radius 3 is 2.07 bits per heavy atom. The molecule has 1 N–H and O–H groups in total. The van der Waals surface area contributed by atoms with E-state index in [0.29, 0.717) is 11.6 Å². The molecule has 2 heterocycles. The molecule has 0 unspecified atom stereocenters. The minimum absolute atomic E-state index is 0.00855. The number of rotatable bonds is 10. The van der Waals surface area contributed by atoms with Gasteiger partial charge >= 0.3 is 17.9 Å². The molecule has 3 rings (SSSR count). The minimum Gasteiger partial charge on any atom is -0.486 e. The number of ether oxygens (including phenoxy) is 5. The highest BCUT2D eigenvalue weighted by atomic mass is 32.1. The van der Waals surface area contributed by atoms with Gasteiger partial charge in [0.05, 0.1) is 0 Å². The van der Waals surface area contributed by atoms with Gasteiger partial charge in [0.2, 0.25) is 10.7 Å². The van der Waals surface area contributed by atoms with Crippen LogP contribution < -0.4 is 10.1 Å². The molecule has 1 fully saturated rings. The molecule has 1 aliphatic heterocycles. The van der Waals surface area contributed by atoms with Crippen molar-refractivity contribution in [2.24, 2.45) is 0 Å². The van der Waals surface area contributed by atoms with Gasteiger partial charge in [0, 0.05) is 33.7 Å². The molecule has 242 valence electrons. The normalized spacial score (nSPS) is 21.8. The second-order valence-electron chi connectivity index (χ2n) is 11.9. The highest BCUT2D eigenvalue weighted by Gasteiger charge is 2.52. The first-order valence-corrected chi connectivity index (χ1v) is 14.7. The Labute approximate surface area is 262 Å². The van der Waals surface area contributed by atoms with E-state index in [9.17, 15) is 19.2 Å². The van der Waals surface area contributed by atoms with Crippen LogP contribution in [-0.4, -0.2) is 69.1 Å². The molecule has 0 saturated carbocycles. The van der Waals surface area contributed by atoms with E-state index >= 15 is 0 Å². The van der Waals surface area contributed by atoms with Crippen molar-refractivity contribution in [3.8, 4) is 5.75 Å². The summed E-state index contributed by atoms with van der Waals surface area (Å²) in [7, 11) is 0. The topological polar surface area (TPSA) is 149 Å². The SMILES string of the molecule is CC(=O)N[C@@H]1[C@@H](OC(C)=O)[C@H](OC(C)=O)[C@@H](COC(C)=O)O[C@H]1n1nc(COc2ccc(C(C)(C)C)cc2)n(C(C)C)c1=S. The number of hydrogen-bond donors (Lipinski definition) is 1. The number of esters is 3. The lowest BCUT2D eigenvalue weighted by Crippen LogP contribution is -2.64. The maximum absolute atomic E-state index is 12.4. The van der Waals surface area contributed by atoms with E-state index in [2.05, 4.69) is 26.1 Å². The molecule has 2 aromatic rings. The number of hydrogen-bond acceptors (Lipinski definition) is 11. The van der Waals surface area contributed by atoms with Crippen molar-refractivity contribution in [3.63, 3.8) is 0 Å². The van der Waals surface area contributed by atoms with E-state index in [4.69, 9.17) is 41.0 Å². The summed E-state index contributed by atoms with van der Waals surface area (Å²) in [6, 6.07) is 6.55. The molecular weight excluding hydrogens is 592 g/mol. The van der Waals surface area contributed by atoms with Crippen LogP contribution in [0.1, 0.15) is 86.0 Å². The van der Waals surface area contributed by atoms with Crippen LogP contribution in [0, 0.1) is 4.77 Å². The summed E-state index contributed by atoms with van der Waals surface area (Å²) >= 11 is 5.83. The lowest BCUT2D eigenvalue weighted by atomic mass is 9.87. The summed E-state index contributed by atoms with van der Waals surface area (Å²) in [6.07, 6.45) is -4.74. The number of nitrogens with zero attached hydrogens (tertiary/aromatic N) is 3. The second kappa shape index (κ2) is 14.3. The van der Waals surface area contributed by atoms with Crippen molar-refractivity contribution in [3.05, 3.63) is 40.4 Å². The molecule has 0 aliphatic carbocycles. The fraction of sp³-hybridized carbons (Fsp3) is 0.600. The predicted octanol–water partition coefficient (Wildman–Crippen LogP) is 3.70. The maximum Gasteiger partial charge on any atom is 0.303 e. The van der Waals surface area contributed by atoms with Gasteiger partial charge in [0.15, 0.2) is 24.3 Å². The van der Waals surface area contributed by atoms with Crippen molar-refractivity contribution in [2.45, 2.75) is 111 Å². The van der Waals surface area contributed by atoms with Crippen LogP contribution in [-0.2, 0) is 50.1 Å². The Kier molecular flexibility index (Phi) is 11.3. The monoisotopic (exact) mass is 634 g/mol. The van der Waals surface area contributed by atoms with E-state index in [1.807, 2.05) is 38.1 Å². The Balaban J connectivity index is 2.07. The molecule has 14 heteroatoms. The summed E-state index contributed by atoms with van der Waals surface area (Å²) in [4.78, 5) is 48.4. The van der Waals surface area contributed by atoms with Gasteiger partial charge in [-0.2, -0.15) is 5.10 Å². The molecule has 1 aromatic carbocycles. The summed E-state index contributed by atoms with van der Waals surface area (Å²) in [5, 5.41) is 7.48. The van der Waals surface area contributed by atoms with Crippen molar-refractivity contribution in [1.82, 2.24) is 19.7 Å². The van der Waals surface area contributed by atoms with E-state index in [1.54, 1.807) is 4.57 Å². The number of carbonyl (C=O) groups is 4.